The highest BCUT2D eigenvalue weighted by atomic mass is 35.5. The van der Waals surface area contributed by atoms with Crippen LogP contribution in [-0.4, -0.2) is 6.54 Å². The van der Waals surface area contributed by atoms with Crippen molar-refractivity contribution in [1.82, 2.24) is 5.32 Å². The zero-order valence-electron chi connectivity index (χ0n) is 11.1. The van der Waals surface area contributed by atoms with Gasteiger partial charge in [-0.2, -0.15) is 0 Å². The third kappa shape index (κ3) is 4.27. The summed E-state index contributed by atoms with van der Waals surface area (Å²) in [7, 11) is 0. The monoisotopic (exact) mass is 315 g/mol. The van der Waals surface area contributed by atoms with Gasteiger partial charge in [0, 0.05) is 23.4 Å². The molecular formula is C15H16ClF2NS. The average Bonchev–Trinajstić information content (AvgIpc) is 2.79. The number of hydrogen-bond acceptors (Lipinski definition) is 2. The molecule has 0 bridgehead atoms. The summed E-state index contributed by atoms with van der Waals surface area (Å²) in [6, 6.07) is 7.32. The van der Waals surface area contributed by atoms with Crippen molar-refractivity contribution in [2.45, 2.75) is 25.8 Å². The molecule has 0 fully saturated rings. The van der Waals surface area contributed by atoms with E-state index in [1.54, 1.807) is 0 Å². The van der Waals surface area contributed by atoms with E-state index in [2.05, 4.69) is 12.2 Å². The molecule has 1 aromatic carbocycles. The van der Waals surface area contributed by atoms with E-state index in [0.717, 1.165) is 28.2 Å². The quantitative estimate of drug-likeness (QED) is 0.794. The summed E-state index contributed by atoms with van der Waals surface area (Å²) < 4.78 is 27.5. The van der Waals surface area contributed by atoms with Crippen molar-refractivity contribution < 1.29 is 8.78 Å². The Morgan fingerprint density at radius 2 is 1.90 bits per heavy atom. The lowest BCUT2D eigenvalue weighted by Gasteiger charge is -2.18. The van der Waals surface area contributed by atoms with Crippen molar-refractivity contribution >= 4 is 22.9 Å². The summed E-state index contributed by atoms with van der Waals surface area (Å²) in [5, 5.41) is 3.33. The maximum absolute atomic E-state index is 13.4. The first kappa shape index (κ1) is 15.4. The fraction of sp³-hybridized carbons (Fsp3) is 0.333. The van der Waals surface area contributed by atoms with Crippen molar-refractivity contribution in [3.63, 3.8) is 0 Å². The predicted molar refractivity (Wildman–Crippen MR) is 80.4 cm³/mol. The molecule has 20 heavy (non-hydrogen) atoms. The summed E-state index contributed by atoms with van der Waals surface area (Å²) in [5.41, 5.74) is 0.625. The van der Waals surface area contributed by atoms with Gasteiger partial charge in [0.2, 0.25) is 0 Å². The van der Waals surface area contributed by atoms with Crippen LogP contribution in [0, 0.1) is 11.6 Å². The number of thiophene rings is 1. The van der Waals surface area contributed by atoms with Crippen LogP contribution < -0.4 is 5.32 Å². The average molecular weight is 316 g/mol. The molecular weight excluding hydrogens is 300 g/mol. The van der Waals surface area contributed by atoms with E-state index in [-0.39, 0.29) is 6.04 Å². The van der Waals surface area contributed by atoms with Crippen molar-refractivity contribution in [1.29, 1.82) is 0 Å². The lowest BCUT2D eigenvalue weighted by molar-refractivity contribution is 0.517. The fourth-order valence-electron chi connectivity index (χ4n) is 2.07. The molecule has 1 atom stereocenters. The normalized spacial score (nSPS) is 12.6. The van der Waals surface area contributed by atoms with Crippen LogP contribution >= 0.6 is 22.9 Å². The Morgan fingerprint density at radius 3 is 2.45 bits per heavy atom. The zero-order chi connectivity index (χ0) is 14.5. The smallest absolute Gasteiger partial charge is 0.126 e. The Balaban J connectivity index is 2.21. The van der Waals surface area contributed by atoms with Gasteiger partial charge in [-0.15, -0.1) is 11.3 Å². The molecule has 108 valence electrons. The molecule has 0 aliphatic heterocycles. The van der Waals surface area contributed by atoms with Gasteiger partial charge in [-0.1, -0.05) is 18.5 Å². The molecule has 1 aromatic heterocycles. The molecule has 0 saturated heterocycles. The van der Waals surface area contributed by atoms with E-state index < -0.39 is 11.6 Å². The molecule has 1 nitrogen and oxygen atoms in total. The molecule has 2 rings (SSSR count). The highest BCUT2D eigenvalue weighted by Gasteiger charge is 2.15. The highest BCUT2D eigenvalue weighted by molar-refractivity contribution is 7.16. The summed E-state index contributed by atoms with van der Waals surface area (Å²) in [4.78, 5) is 1.09. The molecule has 1 heterocycles. The molecule has 2 aromatic rings. The van der Waals surface area contributed by atoms with Gasteiger partial charge in [-0.05, 0) is 42.8 Å². The Morgan fingerprint density at radius 1 is 1.20 bits per heavy atom. The van der Waals surface area contributed by atoms with E-state index in [4.69, 9.17) is 11.6 Å². The third-order valence-electron chi connectivity index (χ3n) is 2.96. The topological polar surface area (TPSA) is 12.0 Å². The third-order valence-corrected chi connectivity index (χ3v) is 4.22. The maximum atomic E-state index is 13.4. The van der Waals surface area contributed by atoms with Gasteiger partial charge < -0.3 is 5.32 Å². The first-order valence-corrected chi connectivity index (χ1v) is 7.71. The second-order valence-electron chi connectivity index (χ2n) is 4.62. The fourth-order valence-corrected chi connectivity index (χ4v) is 3.20. The van der Waals surface area contributed by atoms with Crippen LogP contribution in [0.2, 0.25) is 4.34 Å². The molecule has 0 aliphatic rings. The van der Waals surface area contributed by atoms with E-state index in [1.807, 2.05) is 12.1 Å². The molecule has 0 aliphatic carbocycles. The van der Waals surface area contributed by atoms with Gasteiger partial charge in [-0.3, -0.25) is 0 Å². The van der Waals surface area contributed by atoms with Crippen LogP contribution in [0.5, 0.6) is 0 Å². The van der Waals surface area contributed by atoms with Crippen LogP contribution in [-0.2, 0) is 6.42 Å². The predicted octanol–water partition coefficient (Wildman–Crippen LogP) is 4.96. The second-order valence-corrected chi connectivity index (χ2v) is 6.42. The highest BCUT2D eigenvalue weighted by Crippen LogP contribution is 2.27. The van der Waals surface area contributed by atoms with Gasteiger partial charge in [0.05, 0.1) is 4.34 Å². The Hall–Kier alpha value is -0.970. The minimum Gasteiger partial charge on any atom is -0.310 e. The summed E-state index contributed by atoms with van der Waals surface area (Å²) in [6.07, 6.45) is 1.62. The molecule has 0 spiro atoms. The van der Waals surface area contributed by atoms with Crippen LogP contribution in [0.25, 0.3) is 0 Å². The zero-order valence-corrected chi connectivity index (χ0v) is 12.7. The van der Waals surface area contributed by atoms with Crippen molar-refractivity contribution in [3.05, 3.63) is 56.7 Å². The minimum absolute atomic E-state index is 0.116. The van der Waals surface area contributed by atoms with Crippen LogP contribution in [0.15, 0.2) is 30.3 Å². The molecule has 1 N–H and O–H groups in total. The van der Waals surface area contributed by atoms with Gasteiger partial charge in [-0.25, -0.2) is 8.78 Å². The standard InChI is InChI=1S/C15H16ClF2NS/c1-2-5-19-14(9-13-3-4-15(16)20-13)10-6-11(17)8-12(18)7-10/h3-4,6-8,14,19H,2,5,9H2,1H3. The van der Waals surface area contributed by atoms with Crippen molar-refractivity contribution in [2.75, 3.05) is 6.54 Å². The SMILES string of the molecule is CCCNC(Cc1ccc(Cl)s1)c1cc(F)cc(F)c1. The Labute approximate surface area is 126 Å². The van der Waals surface area contributed by atoms with E-state index in [0.29, 0.717) is 12.0 Å². The summed E-state index contributed by atoms with van der Waals surface area (Å²) in [5.74, 6) is -1.10. The Bertz CT molecular complexity index is 551. The van der Waals surface area contributed by atoms with Gasteiger partial charge in [0.1, 0.15) is 11.6 Å². The lowest BCUT2D eigenvalue weighted by atomic mass is 10.0. The van der Waals surface area contributed by atoms with Gasteiger partial charge in [0.15, 0.2) is 0 Å². The van der Waals surface area contributed by atoms with Gasteiger partial charge >= 0.3 is 0 Å². The van der Waals surface area contributed by atoms with Gasteiger partial charge in [0.25, 0.3) is 0 Å². The molecule has 5 heteroatoms. The number of nitrogens with one attached hydrogen (secondary N) is 1. The van der Waals surface area contributed by atoms with Crippen LogP contribution in [0.1, 0.15) is 29.8 Å². The number of halogens is 3. The summed E-state index contributed by atoms with van der Waals surface area (Å²) in [6.45, 7) is 2.85. The van der Waals surface area contributed by atoms with E-state index >= 15 is 0 Å². The number of benzene rings is 1. The van der Waals surface area contributed by atoms with E-state index in [1.165, 1.54) is 23.5 Å². The largest absolute Gasteiger partial charge is 0.310 e. The second kappa shape index (κ2) is 7.16. The van der Waals surface area contributed by atoms with Crippen LogP contribution in [0.4, 0.5) is 8.78 Å². The maximum Gasteiger partial charge on any atom is 0.126 e. The van der Waals surface area contributed by atoms with Crippen molar-refractivity contribution in [3.8, 4) is 0 Å². The summed E-state index contributed by atoms with van der Waals surface area (Å²) >= 11 is 7.41. The first-order chi connectivity index (χ1) is 9.58. The molecule has 0 amide bonds. The van der Waals surface area contributed by atoms with E-state index in [9.17, 15) is 8.78 Å². The first-order valence-electron chi connectivity index (χ1n) is 6.52. The number of hydrogen-bond donors (Lipinski definition) is 1. The molecule has 1 unspecified atom stereocenters. The lowest BCUT2D eigenvalue weighted by Crippen LogP contribution is -2.24. The number of rotatable bonds is 6. The van der Waals surface area contributed by atoms with Crippen LogP contribution in [0.3, 0.4) is 0 Å². The minimum atomic E-state index is -0.549. The molecule has 0 radical (unpaired) electrons. The Kier molecular flexibility index (Phi) is 5.52. The van der Waals surface area contributed by atoms with Crippen molar-refractivity contribution in [2.24, 2.45) is 0 Å². The molecule has 0 saturated carbocycles.